The van der Waals surface area contributed by atoms with Crippen molar-refractivity contribution in [2.45, 2.75) is 44.7 Å². The molecule has 176 valence electrons. The summed E-state index contributed by atoms with van der Waals surface area (Å²) >= 11 is 0. The van der Waals surface area contributed by atoms with E-state index in [0.29, 0.717) is 30.5 Å². The highest BCUT2D eigenvalue weighted by Gasteiger charge is 2.36. The zero-order valence-electron chi connectivity index (χ0n) is 19.9. The smallest absolute Gasteiger partial charge is 0.257 e. The molecule has 4 rings (SSSR count). The number of amides is 1. The van der Waals surface area contributed by atoms with Gasteiger partial charge in [0.05, 0.1) is 39.6 Å². The molecule has 0 bridgehead atoms. The number of carbonyl (C=O) groups excluding carboxylic acids is 1. The van der Waals surface area contributed by atoms with Gasteiger partial charge in [0, 0.05) is 29.7 Å². The van der Waals surface area contributed by atoms with Gasteiger partial charge in [-0.3, -0.25) is 9.69 Å². The summed E-state index contributed by atoms with van der Waals surface area (Å²) in [6, 6.07) is 13.6. The summed E-state index contributed by atoms with van der Waals surface area (Å²) in [7, 11) is 4.91. The molecule has 2 aliphatic rings. The summed E-state index contributed by atoms with van der Waals surface area (Å²) in [5, 5.41) is 6.49. The molecule has 0 unspecified atom stereocenters. The van der Waals surface area contributed by atoms with Crippen LogP contribution in [0.15, 0.2) is 47.6 Å². The lowest BCUT2D eigenvalue weighted by atomic mass is 9.97. The van der Waals surface area contributed by atoms with Crippen LogP contribution in [-0.4, -0.2) is 62.0 Å². The molecule has 0 N–H and O–H groups in total. The van der Waals surface area contributed by atoms with Gasteiger partial charge in [-0.1, -0.05) is 18.6 Å². The second kappa shape index (κ2) is 10.3. The molecule has 0 aromatic heterocycles. The quantitative estimate of drug-likeness (QED) is 0.629. The molecule has 0 spiro atoms. The van der Waals surface area contributed by atoms with Gasteiger partial charge in [0.2, 0.25) is 0 Å². The third-order valence-electron chi connectivity index (χ3n) is 6.66. The largest absolute Gasteiger partial charge is 0.497 e. The summed E-state index contributed by atoms with van der Waals surface area (Å²) in [5.74, 6) is 2.13. The Hall–Kier alpha value is -3.06. The van der Waals surface area contributed by atoms with Crippen molar-refractivity contribution >= 4 is 11.6 Å². The van der Waals surface area contributed by atoms with Gasteiger partial charge >= 0.3 is 0 Å². The molecule has 2 aromatic rings. The van der Waals surface area contributed by atoms with E-state index >= 15 is 0 Å². The van der Waals surface area contributed by atoms with Gasteiger partial charge < -0.3 is 14.2 Å². The van der Waals surface area contributed by atoms with Crippen LogP contribution in [0.25, 0.3) is 0 Å². The van der Waals surface area contributed by atoms with Crippen LogP contribution in [0.1, 0.15) is 49.8 Å². The van der Waals surface area contributed by atoms with Gasteiger partial charge in [0.25, 0.3) is 5.91 Å². The lowest BCUT2D eigenvalue weighted by Crippen LogP contribution is -2.44. The summed E-state index contributed by atoms with van der Waals surface area (Å²) < 4.78 is 16.6. The third-order valence-corrected chi connectivity index (χ3v) is 6.66. The second-order valence-corrected chi connectivity index (χ2v) is 8.63. The molecule has 33 heavy (non-hydrogen) atoms. The first-order valence-electron chi connectivity index (χ1n) is 11.5. The number of hydrogen-bond acceptors (Lipinski definition) is 6. The molecule has 0 aliphatic carbocycles. The number of benzene rings is 2. The Bertz CT molecular complexity index is 1020. The van der Waals surface area contributed by atoms with E-state index in [2.05, 4.69) is 11.8 Å². The topological polar surface area (TPSA) is 63.6 Å². The number of carbonyl (C=O) groups is 1. The van der Waals surface area contributed by atoms with Crippen LogP contribution in [-0.2, 0) is 4.79 Å². The number of nitrogens with zero attached hydrogens (tertiary/aromatic N) is 3. The molecule has 0 saturated carbocycles. The van der Waals surface area contributed by atoms with Crippen LogP contribution >= 0.6 is 0 Å². The number of methoxy groups -OCH3 is 3. The molecule has 2 aliphatic heterocycles. The van der Waals surface area contributed by atoms with E-state index < -0.39 is 0 Å². The lowest BCUT2D eigenvalue weighted by molar-refractivity contribution is -0.135. The van der Waals surface area contributed by atoms with Crippen LogP contribution in [0.4, 0.5) is 0 Å². The first-order chi connectivity index (χ1) is 16.0. The van der Waals surface area contributed by atoms with Crippen LogP contribution in [0.2, 0.25) is 0 Å². The minimum atomic E-state index is -0.265. The molecule has 1 fully saturated rings. The fourth-order valence-corrected chi connectivity index (χ4v) is 4.76. The maximum atomic E-state index is 13.6. The lowest BCUT2D eigenvalue weighted by Gasteiger charge is -2.34. The predicted molar refractivity (Wildman–Crippen MR) is 128 cm³/mol. The van der Waals surface area contributed by atoms with Crippen molar-refractivity contribution < 1.29 is 19.0 Å². The molecule has 0 radical (unpaired) electrons. The number of piperidine rings is 1. The number of hydrazone groups is 1. The number of rotatable bonds is 7. The van der Waals surface area contributed by atoms with Crippen LogP contribution in [0.5, 0.6) is 17.2 Å². The zero-order chi connectivity index (χ0) is 23.4. The maximum absolute atomic E-state index is 13.6. The van der Waals surface area contributed by atoms with Crippen LogP contribution in [0, 0.1) is 0 Å². The Morgan fingerprint density at radius 1 is 1.03 bits per heavy atom. The number of likely N-dealkylation sites (tertiary alicyclic amines) is 1. The average Bonchev–Trinajstić information content (AvgIpc) is 3.30. The first-order valence-corrected chi connectivity index (χ1v) is 11.5. The normalized spacial score (nSPS) is 21.0. The zero-order valence-corrected chi connectivity index (χ0v) is 19.9. The molecule has 7 heteroatoms. The Labute approximate surface area is 195 Å². The highest BCUT2D eigenvalue weighted by atomic mass is 16.5. The summed E-state index contributed by atoms with van der Waals surface area (Å²) in [4.78, 5) is 15.8. The maximum Gasteiger partial charge on any atom is 0.257 e. The SMILES string of the molecule is COc1ccc([C@H]2CC(c3ccccc3OC)=NN2C(=O)CN2CCCC[C@@H]2C)c(OC)c1. The van der Waals surface area contributed by atoms with E-state index in [-0.39, 0.29) is 11.9 Å². The molecule has 2 atom stereocenters. The van der Waals surface area contributed by atoms with Crippen molar-refractivity contribution in [1.29, 1.82) is 0 Å². The summed E-state index contributed by atoms with van der Waals surface area (Å²) in [6.45, 7) is 3.50. The van der Waals surface area contributed by atoms with Gasteiger partial charge in [0.1, 0.15) is 17.2 Å². The van der Waals surface area contributed by atoms with Gasteiger partial charge in [0.15, 0.2) is 0 Å². The van der Waals surface area contributed by atoms with Crippen LogP contribution in [0.3, 0.4) is 0 Å². The monoisotopic (exact) mass is 451 g/mol. The molecule has 1 saturated heterocycles. The van der Waals surface area contributed by atoms with Crippen molar-refractivity contribution in [2.24, 2.45) is 5.10 Å². The molecule has 7 nitrogen and oxygen atoms in total. The van der Waals surface area contributed by atoms with E-state index in [0.717, 1.165) is 42.0 Å². The first kappa shape index (κ1) is 23.1. The van der Waals surface area contributed by atoms with Crippen molar-refractivity contribution in [3.8, 4) is 17.2 Å². The average molecular weight is 452 g/mol. The Kier molecular flexibility index (Phi) is 7.18. The highest BCUT2D eigenvalue weighted by Crippen LogP contribution is 2.40. The molecular weight excluding hydrogens is 418 g/mol. The minimum Gasteiger partial charge on any atom is -0.497 e. The molecule has 2 heterocycles. The van der Waals surface area contributed by atoms with Gasteiger partial charge in [-0.25, -0.2) is 5.01 Å². The number of hydrogen-bond donors (Lipinski definition) is 0. The van der Waals surface area contributed by atoms with Crippen molar-refractivity contribution in [2.75, 3.05) is 34.4 Å². The second-order valence-electron chi connectivity index (χ2n) is 8.63. The standard InChI is InChI=1S/C26H33N3O4/c1-18-9-7-8-14-28(18)17-26(30)29-23(21-13-12-19(31-2)15-25(21)33-4)16-22(27-29)20-10-5-6-11-24(20)32-3/h5-6,10-13,15,18,23H,7-9,14,16-17H2,1-4H3/t18-,23+/m0/s1. The molecule has 1 amide bonds. The van der Waals surface area contributed by atoms with E-state index in [4.69, 9.17) is 19.3 Å². The fraction of sp³-hybridized carbons (Fsp3) is 0.462. The fourth-order valence-electron chi connectivity index (χ4n) is 4.76. The van der Waals surface area contributed by atoms with E-state index in [9.17, 15) is 4.79 Å². The van der Waals surface area contributed by atoms with Crippen molar-refractivity contribution in [1.82, 2.24) is 9.91 Å². The van der Waals surface area contributed by atoms with Crippen LogP contribution < -0.4 is 14.2 Å². The van der Waals surface area contributed by atoms with E-state index in [1.165, 1.54) is 6.42 Å². The highest BCUT2D eigenvalue weighted by molar-refractivity contribution is 6.05. The minimum absolute atomic E-state index is 0.00322. The van der Waals surface area contributed by atoms with Crippen molar-refractivity contribution in [3.63, 3.8) is 0 Å². The number of para-hydroxylation sites is 1. The molecule has 2 aromatic carbocycles. The molecular formula is C26H33N3O4. The summed E-state index contributed by atoms with van der Waals surface area (Å²) in [5.41, 5.74) is 2.64. The van der Waals surface area contributed by atoms with E-state index in [1.54, 1.807) is 26.3 Å². The third kappa shape index (κ3) is 4.83. The van der Waals surface area contributed by atoms with Crippen molar-refractivity contribution in [3.05, 3.63) is 53.6 Å². The summed E-state index contributed by atoms with van der Waals surface area (Å²) in [6.07, 6.45) is 4.05. The Balaban J connectivity index is 1.69. The number of ether oxygens (including phenoxy) is 3. The van der Waals surface area contributed by atoms with E-state index in [1.807, 2.05) is 42.5 Å². The van der Waals surface area contributed by atoms with Gasteiger partial charge in [-0.05, 0) is 50.6 Å². The Morgan fingerprint density at radius 2 is 1.82 bits per heavy atom. The van der Waals surface area contributed by atoms with Gasteiger partial charge in [-0.2, -0.15) is 5.10 Å². The predicted octanol–water partition coefficient (Wildman–Crippen LogP) is 4.26. The van der Waals surface area contributed by atoms with Gasteiger partial charge in [-0.15, -0.1) is 0 Å². The Morgan fingerprint density at radius 3 is 2.55 bits per heavy atom.